The number of benzene rings is 1. The van der Waals surface area contributed by atoms with Crippen LogP contribution in [0, 0.1) is 0 Å². The summed E-state index contributed by atoms with van der Waals surface area (Å²) >= 11 is 0. The standard InChI is InChI=1S/C28H39BN2O5/c1-10-13-25(20(11-2)16-26(32)33-12-3)34-18-23-22-17-21(14-15-24(22)31(30-23)19(4)5)29-35-27(6,7)28(8,9)36-29/h10-11,13-15,17,19H,2,12,16,18H2,1,3-9H3/b13-10-,25-20-. The van der Waals surface area contributed by atoms with Gasteiger partial charge in [0.05, 0.1) is 29.7 Å². The fourth-order valence-electron chi connectivity index (χ4n) is 4.02. The Balaban J connectivity index is 1.97. The molecule has 0 aliphatic carbocycles. The SMILES string of the molecule is C=C/C(CC(=O)OCC)=C(\C=C/C)OCc1nn(C(C)C)c2ccc(B3OC(C)(C)C(C)(C)O3)cc12. The summed E-state index contributed by atoms with van der Waals surface area (Å²) in [6.07, 6.45) is 5.41. The van der Waals surface area contributed by atoms with Crippen LogP contribution in [0.25, 0.3) is 10.9 Å². The van der Waals surface area contributed by atoms with Gasteiger partial charge in [-0.1, -0.05) is 30.9 Å². The Labute approximate surface area is 215 Å². The lowest BCUT2D eigenvalue weighted by Crippen LogP contribution is -2.41. The summed E-state index contributed by atoms with van der Waals surface area (Å²) in [5.41, 5.74) is 2.55. The maximum absolute atomic E-state index is 12.1. The van der Waals surface area contributed by atoms with Crippen molar-refractivity contribution in [3.05, 3.63) is 60.0 Å². The number of nitrogens with zero attached hydrogens (tertiary/aromatic N) is 2. The van der Waals surface area contributed by atoms with Crippen LogP contribution < -0.4 is 5.46 Å². The third-order valence-electron chi connectivity index (χ3n) is 6.71. The van der Waals surface area contributed by atoms with Gasteiger partial charge in [0, 0.05) is 17.0 Å². The Kier molecular flexibility index (Phi) is 8.52. The molecular formula is C28H39BN2O5. The minimum Gasteiger partial charge on any atom is -0.487 e. The largest absolute Gasteiger partial charge is 0.494 e. The topological polar surface area (TPSA) is 71.8 Å². The molecule has 0 N–H and O–H groups in total. The lowest BCUT2D eigenvalue weighted by Gasteiger charge is -2.32. The van der Waals surface area contributed by atoms with E-state index < -0.39 is 18.3 Å². The fourth-order valence-corrected chi connectivity index (χ4v) is 4.02. The number of esters is 1. The molecule has 2 heterocycles. The van der Waals surface area contributed by atoms with Gasteiger partial charge >= 0.3 is 13.1 Å². The second kappa shape index (κ2) is 11.1. The maximum atomic E-state index is 12.1. The van der Waals surface area contributed by atoms with Crippen LogP contribution in [0.3, 0.4) is 0 Å². The number of hydrogen-bond acceptors (Lipinski definition) is 6. The zero-order chi connectivity index (χ0) is 26.7. The molecule has 1 fully saturated rings. The molecule has 0 unspecified atom stereocenters. The van der Waals surface area contributed by atoms with E-state index in [9.17, 15) is 4.79 Å². The molecule has 7 nitrogen and oxygen atoms in total. The number of carbonyl (C=O) groups is 1. The number of carbonyl (C=O) groups excluding carboxylic acids is 1. The lowest BCUT2D eigenvalue weighted by atomic mass is 9.78. The van der Waals surface area contributed by atoms with Gasteiger partial charge < -0.3 is 18.8 Å². The summed E-state index contributed by atoms with van der Waals surface area (Å²) < 4.78 is 25.9. The molecule has 1 aliphatic rings. The van der Waals surface area contributed by atoms with Crippen molar-refractivity contribution in [1.82, 2.24) is 9.78 Å². The monoisotopic (exact) mass is 494 g/mol. The zero-order valence-corrected chi connectivity index (χ0v) is 22.9. The third-order valence-corrected chi connectivity index (χ3v) is 6.71. The summed E-state index contributed by atoms with van der Waals surface area (Å²) in [4.78, 5) is 12.1. The average Bonchev–Trinajstić information content (AvgIpc) is 3.28. The van der Waals surface area contributed by atoms with E-state index in [1.807, 2.05) is 57.5 Å². The van der Waals surface area contributed by atoms with Crippen molar-refractivity contribution in [3.63, 3.8) is 0 Å². The van der Waals surface area contributed by atoms with Gasteiger partial charge in [-0.2, -0.15) is 5.10 Å². The Bertz CT molecular complexity index is 1160. The van der Waals surface area contributed by atoms with E-state index in [-0.39, 0.29) is 25.0 Å². The molecule has 0 radical (unpaired) electrons. The Hall–Kier alpha value is -2.84. The number of fused-ring (bicyclic) bond motifs is 1. The Morgan fingerprint density at radius 1 is 1.19 bits per heavy atom. The van der Waals surface area contributed by atoms with Gasteiger partial charge in [0.2, 0.25) is 0 Å². The highest BCUT2D eigenvalue weighted by atomic mass is 16.7. The van der Waals surface area contributed by atoms with Crippen molar-refractivity contribution >= 4 is 29.5 Å². The van der Waals surface area contributed by atoms with E-state index in [1.165, 1.54) is 0 Å². The molecule has 8 heteroatoms. The number of aromatic nitrogens is 2. The first kappa shape index (κ1) is 27.7. The number of allylic oxidation sites excluding steroid dienone is 3. The zero-order valence-electron chi connectivity index (χ0n) is 22.9. The molecule has 3 rings (SSSR count). The van der Waals surface area contributed by atoms with Gasteiger partial charge in [-0.25, -0.2) is 0 Å². The van der Waals surface area contributed by atoms with Crippen LogP contribution in [0.15, 0.2) is 54.3 Å². The van der Waals surface area contributed by atoms with E-state index in [2.05, 4.69) is 32.6 Å². The molecule has 0 bridgehead atoms. The van der Waals surface area contributed by atoms with Crippen molar-refractivity contribution in [1.29, 1.82) is 0 Å². The molecular weight excluding hydrogens is 455 g/mol. The first-order valence-electron chi connectivity index (χ1n) is 12.6. The van der Waals surface area contributed by atoms with Crippen LogP contribution in [-0.4, -0.2) is 40.7 Å². The Morgan fingerprint density at radius 2 is 1.86 bits per heavy atom. The van der Waals surface area contributed by atoms with Crippen molar-refractivity contribution in [2.45, 2.75) is 85.7 Å². The minimum atomic E-state index is -0.467. The van der Waals surface area contributed by atoms with Crippen LogP contribution in [0.1, 0.15) is 73.5 Å². The van der Waals surface area contributed by atoms with Crippen molar-refractivity contribution in [3.8, 4) is 0 Å². The lowest BCUT2D eigenvalue weighted by molar-refractivity contribution is -0.142. The van der Waals surface area contributed by atoms with Crippen molar-refractivity contribution in [2.75, 3.05) is 6.61 Å². The molecule has 1 aromatic carbocycles. The molecule has 0 saturated carbocycles. The van der Waals surface area contributed by atoms with Gasteiger partial charge in [0.15, 0.2) is 0 Å². The molecule has 0 amide bonds. The predicted molar refractivity (Wildman–Crippen MR) is 144 cm³/mol. The second-order valence-corrected chi connectivity index (χ2v) is 10.2. The third kappa shape index (κ3) is 5.76. The van der Waals surface area contributed by atoms with Crippen LogP contribution in [0.5, 0.6) is 0 Å². The molecule has 1 aliphatic heterocycles. The molecule has 1 aromatic heterocycles. The van der Waals surface area contributed by atoms with E-state index in [0.29, 0.717) is 17.9 Å². The van der Waals surface area contributed by atoms with Crippen LogP contribution in [-0.2, 0) is 30.2 Å². The summed E-state index contributed by atoms with van der Waals surface area (Å²) in [7, 11) is -0.467. The summed E-state index contributed by atoms with van der Waals surface area (Å²) in [5, 5.41) is 5.84. The molecule has 36 heavy (non-hydrogen) atoms. The van der Waals surface area contributed by atoms with E-state index in [1.54, 1.807) is 13.0 Å². The normalized spacial score (nSPS) is 17.6. The average molecular weight is 494 g/mol. The van der Waals surface area contributed by atoms with Crippen LogP contribution >= 0.6 is 0 Å². The summed E-state index contributed by atoms with van der Waals surface area (Å²) in [5.74, 6) is 0.245. The molecule has 194 valence electrons. The van der Waals surface area contributed by atoms with Gasteiger partial charge in [-0.3, -0.25) is 9.48 Å². The van der Waals surface area contributed by atoms with Gasteiger partial charge in [-0.05, 0) is 73.0 Å². The molecule has 0 atom stereocenters. The van der Waals surface area contributed by atoms with Crippen molar-refractivity contribution in [2.24, 2.45) is 0 Å². The number of ether oxygens (including phenoxy) is 2. The van der Waals surface area contributed by atoms with E-state index >= 15 is 0 Å². The Morgan fingerprint density at radius 3 is 2.42 bits per heavy atom. The highest BCUT2D eigenvalue weighted by Crippen LogP contribution is 2.37. The first-order chi connectivity index (χ1) is 16.9. The predicted octanol–water partition coefficient (Wildman–Crippen LogP) is 5.40. The van der Waals surface area contributed by atoms with E-state index in [4.69, 9.17) is 23.9 Å². The summed E-state index contributed by atoms with van der Waals surface area (Å²) in [6.45, 7) is 20.5. The quantitative estimate of drug-likeness (QED) is 0.191. The smallest absolute Gasteiger partial charge is 0.487 e. The van der Waals surface area contributed by atoms with Crippen LogP contribution in [0.2, 0.25) is 0 Å². The van der Waals surface area contributed by atoms with Crippen molar-refractivity contribution < 1.29 is 23.6 Å². The van der Waals surface area contributed by atoms with Gasteiger partial charge in [0.25, 0.3) is 0 Å². The molecule has 0 spiro atoms. The highest BCUT2D eigenvalue weighted by molar-refractivity contribution is 6.62. The second-order valence-electron chi connectivity index (χ2n) is 10.2. The maximum Gasteiger partial charge on any atom is 0.494 e. The molecule has 2 aromatic rings. The minimum absolute atomic E-state index is 0.0876. The fraction of sp³-hybridized carbons (Fsp3) is 0.500. The van der Waals surface area contributed by atoms with Gasteiger partial charge in [0.1, 0.15) is 18.1 Å². The summed E-state index contributed by atoms with van der Waals surface area (Å²) in [6, 6.07) is 6.34. The number of hydrogen-bond donors (Lipinski definition) is 0. The van der Waals surface area contributed by atoms with Crippen LogP contribution in [0.4, 0.5) is 0 Å². The first-order valence-corrected chi connectivity index (χ1v) is 12.6. The van der Waals surface area contributed by atoms with E-state index in [0.717, 1.165) is 22.1 Å². The highest BCUT2D eigenvalue weighted by Gasteiger charge is 2.51. The van der Waals surface area contributed by atoms with Gasteiger partial charge in [-0.15, -0.1) is 0 Å². The number of rotatable bonds is 10. The molecule has 1 saturated heterocycles.